The number of hydrogen-bond donors (Lipinski definition) is 1. The maximum atomic E-state index is 5.91. The van der Waals surface area contributed by atoms with E-state index in [1.54, 1.807) is 0 Å². The van der Waals surface area contributed by atoms with Crippen molar-refractivity contribution in [1.29, 1.82) is 0 Å². The molecule has 114 valence electrons. The van der Waals surface area contributed by atoms with E-state index in [2.05, 4.69) is 44.6 Å². The van der Waals surface area contributed by atoms with Gasteiger partial charge in [0.05, 0.1) is 24.4 Å². The van der Waals surface area contributed by atoms with Crippen molar-refractivity contribution in [3.63, 3.8) is 0 Å². The average molecular weight is 279 g/mol. The topological polar surface area (TPSA) is 39.1 Å². The number of ether oxygens (including phenoxy) is 1. The van der Waals surface area contributed by atoms with Crippen LogP contribution in [0.2, 0.25) is 0 Å². The van der Waals surface area contributed by atoms with Crippen LogP contribution >= 0.6 is 0 Å². The van der Waals surface area contributed by atoms with E-state index >= 15 is 0 Å². The Hall–Kier alpha value is -0.870. The van der Waals surface area contributed by atoms with Gasteiger partial charge in [0.2, 0.25) is 0 Å². The van der Waals surface area contributed by atoms with Gasteiger partial charge in [-0.2, -0.15) is 5.10 Å². The number of nitrogens with zero attached hydrogens (tertiary/aromatic N) is 2. The molecule has 0 radical (unpaired) electrons. The van der Waals surface area contributed by atoms with Crippen molar-refractivity contribution < 1.29 is 4.74 Å². The van der Waals surface area contributed by atoms with Crippen molar-refractivity contribution in [2.75, 3.05) is 6.54 Å². The highest BCUT2D eigenvalue weighted by Gasteiger charge is 2.23. The normalized spacial score (nSPS) is 22.9. The molecule has 0 aromatic carbocycles. The predicted octanol–water partition coefficient (Wildman–Crippen LogP) is 2.61. The van der Waals surface area contributed by atoms with Gasteiger partial charge in [0, 0.05) is 11.7 Å². The van der Waals surface area contributed by atoms with E-state index in [9.17, 15) is 0 Å². The van der Waals surface area contributed by atoms with Crippen LogP contribution in [0.4, 0.5) is 0 Å². The van der Waals surface area contributed by atoms with Gasteiger partial charge in [-0.25, -0.2) is 0 Å². The second-order valence-corrected chi connectivity index (χ2v) is 6.34. The van der Waals surface area contributed by atoms with Gasteiger partial charge in [-0.3, -0.25) is 4.68 Å². The summed E-state index contributed by atoms with van der Waals surface area (Å²) in [4.78, 5) is 0. The first-order valence-electron chi connectivity index (χ1n) is 7.89. The second-order valence-electron chi connectivity index (χ2n) is 6.34. The highest BCUT2D eigenvalue weighted by molar-refractivity contribution is 5.25. The van der Waals surface area contributed by atoms with Gasteiger partial charge >= 0.3 is 0 Å². The number of aryl methyl sites for hydroxylation is 1. The van der Waals surface area contributed by atoms with Crippen molar-refractivity contribution in [2.45, 2.75) is 78.7 Å². The minimum Gasteiger partial charge on any atom is -0.373 e. The quantitative estimate of drug-likeness (QED) is 0.870. The van der Waals surface area contributed by atoms with Gasteiger partial charge in [0.25, 0.3) is 0 Å². The Bertz CT molecular complexity index is 439. The lowest BCUT2D eigenvalue weighted by atomic mass is 10.1. The number of nitrogens with one attached hydrogen (secondary N) is 1. The standard InChI is InChI=1S/C16H29N3O/c1-11(2)17-9-8-16-13(4)18-19(14(16)5)10-15-7-6-12(3)20-15/h11-12,15,17H,6-10H2,1-5H3. The molecule has 0 aliphatic carbocycles. The minimum atomic E-state index is 0.338. The molecule has 20 heavy (non-hydrogen) atoms. The molecule has 1 aliphatic rings. The van der Waals surface area contributed by atoms with Crippen LogP contribution in [0, 0.1) is 13.8 Å². The van der Waals surface area contributed by atoms with Crippen molar-refractivity contribution in [3.8, 4) is 0 Å². The van der Waals surface area contributed by atoms with E-state index in [1.807, 2.05) is 0 Å². The molecule has 2 rings (SSSR count). The Balaban J connectivity index is 1.97. The molecule has 2 atom stereocenters. The van der Waals surface area contributed by atoms with Gasteiger partial charge in [0.1, 0.15) is 0 Å². The summed E-state index contributed by atoms with van der Waals surface area (Å²) in [6.07, 6.45) is 4.13. The fourth-order valence-electron chi connectivity index (χ4n) is 2.97. The summed E-state index contributed by atoms with van der Waals surface area (Å²) in [5.41, 5.74) is 3.86. The molecule has 2 heterocycles. The Morgan fingerprint density at radius 3 is 2.70 bits per heavy atom. The molecule has 1 saturated heterocycles. The second kappa shape index (κ2) is 6.72. The van der Waals surface area contributed by atoms with Crippen molar-refractivity contribution >= 4 is 0 Å². The molecule has 1 fully saturated rings. The van der Waals surface area contributed by atoms with Gasteiger partial charge in [0.15, 0.2) is 0 Å². The third-order valence-electron chi connectivity index (χ3n) is 4.16. The van der Waals surface area contributed by atoms with E-state index in [1.165, 1.54) is 23.4 Å². The van der Waals surface area contributed by atoms with Crippen LogP contribution in [0.3, 0.4) is 0 Å². The van der Waals surface area contributed by atoms with Crippen LogP contribution in [-0.4, -0.2) is 34.6 Å². The molecule has 0 bridgehead atoms. The first kappa shape index (κ1) is 15.5. The number of aromatic nitrogens is 2. The van der Waals surface area contributed by atoms with Crippen LogP contribution < -0.4 is 5.32 Å². The Kier molecular flexibility index (Phi) is 5.22. The van der Waals surface area contributed by atoms with Gasteiger partial charge in [-0.15, -0.1) is 0 Å². The highest BCUT2D eigenvalue weighted by Crippen LogP contribution is 2.22. The zero-order chi connectivity index (χ0) is 14.7. The zero-order valence-electron chi connectivity index (χ0n) is 13.6. The van der Waals surface area contributed by atoms with Gasteiger partial charge < -0.3 is 10.1 Å². The van der Waals surface area contributed by atoms with Gasteiger partial charge in [-0.1, -0.05) is 13.8 Å². The summed E-state index contributed by atoms with van der Waals surface area (Å²) in [5.74, 6) is 0. The highest BCUT2D eigenvalue weighted by atomic mass is 16.5. The number of hydrogen-bond acceptors (Lipinski definition) is 3. The SMILES string of the molecule is Cc1nn(CC2CCC(C)O2)c(C)c1CCNC(C)C. The summed E-state index contributed by atoms with van der Waals surface area (Å²) in [7, 11) is 0. The molecule has 4 heteroatoms. The third kappa shape index (κ3) is 3.83. The van der Waals surface area contributed by atoms with E-state index in [0.29, 0.717) is 18.2 Å². The van der Waals surface area contributed by atoms with E-state index in [0.717, 1.165) is 25.9 Å². The Morgan fingerprint density at radius 1 is 1.35 bits per heavy atom. The molecular weight excluding hydrogens is 250 g/mol. The molecule has 1 N–H and O–H groups in total. The molecule has 1 aromatic heterocycles. The Morgan fingerprint density at radius 2 is 2.10 bits per heavy atom. The maximum Gasteiger partial charge on any atom is 0.0775 e. The summed E-state index contributed by atoms with van der Waals surface area (Å²) < 4.78 is 8.05. The fourth-order valence-corrected chi connectivity index (χ4v) is 2.97. The maximum absolute atomic E-state index is 5.91. The van der Waals surface area contributed by atoms with Crippen LogP contribution in [0.15, 0.2) is 0 Å². The molecule has 0 amide bonds. The summed E-state index contributed by atoms with van der Waals surface area (Å²) in [5, 5.41) is 8.18. The molecular formula is C16H29N3O. The third-order valence-corrected chi connectivity index (χ3v) is 4.16. The summed E-state index contributed by atoms with van der Waals surface area (Å²) >= 11 is 0. The fraction of sp³-hybridized carbons (Fsp3) is 0.812. The Labute approximate surface area is 122 Å². The largest absolute Gasteiger partial charge is 0.373 e. The predicted molar refractivity (Wildman–Crippen MR) is 82.1 cm³/mol. The summed E-state index contributed by atoms with van der Waals surface area (Å²) in [6.45, 7) is 12.7. The molecule has 1 aliphatic heterocycles. The van der Waals surface area contributed by atoms with Crippen molar-refractivity contribution in [2.24, 2.45) is 0 Å². The molecule has 4 nitrogen and oxygen atoms in total. The molecule has 0 saturated carbocycles. The van der Waals surface area contributed by atoms with Gasteiger partial charge in [-0.05, 0) is 52.1 Å². The van der Waals surface area contributed by atoms with Crippen molar-refractivity contribution in [3.05, 3.63) is 17.0 Å². The van der Waals surface area contributed by atoms with E-state index in [4.69, 9.17) is 9.84 Å². The lowest BCUT2D eigenvalue weighted by molar-refractivity contribution is 0.0433. The molecule has 0 spiro atoms. The summed E-state index contributed by atoms with van der Waals surface area (Å²) in [6, 6.07) is 0.541. The van der Waals surface area contributed by atoms with E-state index in [-0.39, 0.29) is 0 Å². The van der Waals surface area contributed by atoms with Crippen LogP contribution in [0.1, 0.15) is 50.6 Å². The lowest BCUT2D eigenvalue weighted by Gasteiger charge is -2.13. The van der Waals surface area contributed by atoms with E-state index < -0.39 is 0 Å². The minimum absolute atomic E-state index is 0.338. The van der Waals surface area contributed by atoms with Crippen LogP contribution in [0.25, 0.3) is 0 Å². The zero-order valence-corrected chi connectivity index (χ0v) is 13.6. The van der Waals surface area contributed by atoms with Crippen LogP contribution in [-0.2, 0) is 17.7 Å². The van der Waals surface area contributed by atoms with Crippen LogP contribution in [0.5, 0.6) is 0 Å². The number of rotatable bonds is 6. The molecule has 2 unspecified atom stereocenters. The first-order chi connectivity index (χ1) is 9.47. The average Bonchev–Trinajstić information content (AvgIpc) is 2.88. The monoisotopic (exact) mass is 279 g/mol. The molecule has 1 aromatic rings. The first-order valence-corrected chi connectivity index (χ1v) is 7.89. The smallest absolute Gasteiger partial charge is 0.0775 e. The van der Waals surface area contributed by atoms with Crippen molar-refractivity contribution in [1.82, 2.24) is 15.1 Å². The lowest BCUT2D eigenvalue weighted by Crippen LogP contribution is -2.25.